The lowest BCUT2D eigenvalue weighted by molar-refractivity contribution is 0.100. The number of carbonyl (C=O) groups is 1. The number of carbonyl (C=O) groups excluding carboxylic acids is 1. The van der Waals surface area contributed by atoms with Gasteiger partial charge in [0, 0.05) is 28.4 Å². The average molecular weight is 358 g/mol. The van der Waals surface area contributed by atoms with Crippen LogP contribution < -0.4 is 20.5 Å². The first kappa shape index (κ1) is 16.9. The zero-order chi connectivity index (χ0) is 18.0. The van der Waals surface area contributed by atoms with Gasteiger partial charge >= 0.3 is 0 Å². The van der Waals surface area contributed by atoms with E-state index in [-0.39, 0.29) is 5.56 Å². The van der Waals surface area contributed by atoms with Crippen LogP contribution in [0.2, 0.25) is 5.02 Å². The van der Waals surface area contributed by atoms with Gasteiger partial charge in [0.05, 0.1) is 31.0 Å². The third-order valence-electron chi connectivity index (χ3n) is 3.73. The molecule has 1 heterocycles. The minimum absolute atomic E-state index is 0.264. The number of nitrogens with two attached hydrogens (primary N) is 1. The van der Waals surface area contributed by atoms with Crippen LogP contribution >= 0.6 is 11.6 Å². The number of ether oxygens (including phenoxy) is 2. The number of hydrogen-bond donors (Lipinski definition) is 2. The van der Waals surface area contributed by atoms with Crippen molar-refractivity contribution in [3.63, 3.8) is 0 Å². The topological polar surface area (TPSA) is 86.5 Å². The maximum atomic E-state index is 11.9. The molecule has 0 aliphatic rings. The number of anilines is 2. The van der Waals surface area contributed by atoms with Gasteiger partial charge in [-0.05, 0) is 24.3 Å². The van der Waals surface area contributed by atoms with Gasteiger partial charge in [-0.15, -0.1) is 0 Å². The zero-order valence-electron chi connectivity index (χ0n) is 13.7. The first-order valence-corrected chi connectivity index (χ1v) is 7.78. The van der Waals surface area contributed by atoms with E-state index in [0.717, 1.165) is 5.69 Å². The SMILES string of the molecule is COc1cc2ncc(C(N)=O)c(Nc3cccc(Cl)c3)c2cc1OC. The summed E-state index contributed by atoms with van der Waals surface area (Å²) in [6.45, 7) is 0. The molecule has 0 aliphatic carbocycles. The van der Waals surface area contributed by atoms with E-state index >= 15 is 0 Å². The molecule has 0 bridgehead atoms. The minimum atomic E-state index is -0.589. The Balaban J connectivity index is 2.24. The lowest BCUT2D eigenvalue weighted by atomic mass is 10.1. The molecule has 128 valence electrons. The molecular formula is C18H16ClN3O3. The van der Waals surface area contributed by atoms with Gasteiger partial charge in [-0.1, -0.05) is 17.7 Å². The zero-order valence-corrected chi connectivity index (χ0v) is 14.4. The van der Waals surface area contributed by atoms with Crippen LogP contribution in [0, 0.1) is 0 Å². The predicted octanol–water partition coefficient (Wildman–Crippen LogP) is 3.75. The molecule has 0 atom stereocenters. The largest absolute Gasteiger partial charge is 0.493 e. The molecular weight excluding hydrogens is 342 g/mol. The number of hydrogen-bond acceptors (Lipinski definition) is 5. The van der Waals surface area contributed by atoms with Crippen LogP contribution in [-0.4, -0.2) is 25.1 Å². The number of primary amides is 1. The van der Waals surface area contributed by atoms with Gasteiger partial charge in [0.1, 0.15) is 0 Å². The van der Waals surface area contributed by atoms with E-state index in [0.29, 0.717) is 33.1 Å². The van der Waals surface area contributed by atoms with E-state index in [4.69, 9.17) is 26.8 Å². The Morgan fingerprint density at radius 2 is 1.88 bits per heavy atom. The van der Waals surface area contributed by atoms with Gasteiger partial charge in [0.25, 0.3) is 5.91 Å². The second-order valence-electron chi connectivity index (χ2n) is 5.27. The predicted molar refractivity (Wildman–Crippen MR) is 98.1 cm³/mol. The number of benzene rings is 2. The number of pyridine rings is 1. The summed E-state index contributed by atoms with van der Waals surface area (Å²) in [6, 6.07) is 10.6. The maximum Gasteiger partial charge on any atom is 0.252 e. The third-order valence-corrected chi connectivity index (χ3v) is 3.97. The van der Waals surface area contributed by atoms with Crippen molar-refractivity contribution >= 4 is 39.8 Å². The number of nitrogens with one attached hydrogen (secondary N) is 1. The molecule has 0 saturated heterocycles. The Bertz CT molecular complexity index is 960. The highest BCUT2D eigenvalue weighted by Gasteiger charge is 2.16. The number of fused-ring (bicyclic) bond motifs is 1. The monoisotopic (exact) mass is 357 g/mol. The minimum Gasteiger partial charge on any atom is -0.493 e. The fourth-order valence-electron chi connectivity index (χ4n) is 2.55. The Kier molecular flexibility index (Phi) is 4.63. The number of rotatable bonds is 5. The number of nitrogens with zero attached hydrogens (tertiary/aromatic N) is 1. The van der Waals surface area contributed by atoms with Crippen molar-refractivity contribution in [2.45, 2.75) is 0 Å². The molecule has 0 aliphatic heterocycles. The Morgan fingerprint density at radius 3 is 2.52 bits per heavy atom. The van der Waals surface area contributed by atoms with Crippen LogP contribution in [0.1, 0.15) is 10.4 Å². The summed E-state index contributed by atoms with van der Waals surface area (Å²) >= 11 is 6.04. The fraction of sp³-hybridized carbons (Fsp3) is 0.111. The third kappa shape index (κ3) is 3.29. The number of amides is 1. The molecule has 0 saturated carbocycles. The quantitative estimate of drug-likeness (QED) is 0.726. The highest BCUT2D eigenvalue weighted by Crippen LogP contribution is 2.37. The fourth-order valence-corrected chi connectivity index (χ4v) is 2.74. The maximum absolute atomic E-state index is 11.9. The van der Waals surface area contributed by atoms with Crippen molar-refractivity contribution in [1.29, 1.82) is 0 Å². The van der Waals surface area contributed by atoms with Crippen molar-refractivity contribution in [3.05, 3.63) is 53.2 Å². The van der Waals surface area contributed by atoms with Gasteiger partial charge in [0.15, 0.2) is 11.5 Å². The highest BCUT2D eigenvalue weighted by atomic mass is 35.5. The van der Waals surface area contributed by atoms with Crippen LogP contribution in [0.15, 0.2) is 42.6 Å². The molecule has 7 heteroatoms. The number of aromatic nitrogens is 1. The average Bonchev–Trinajstić information content (AvgIpc) is 2.60. The smallest absolute Gasteiger partial charge is 0.252 e. The van der Waals surface area contributed by atoms with Crippen molar-refractivity contribution in [3.8, 4) is 11.5 Å². The molecule has 2 aromatic carbocycles. The van der Waals surface area contributed by atoms with Crippen LogP contribution in [0.25, 0.3) is 10.9 Å². The Hall–Kier alpha value is -2.99. The van der Waals surface area contributed by atoms with Gasteiger partial charge in [-0.3, -0.25) is 9.78 Å². The first-order valence-electron chi connectivity index (χ1n) is 7.40. The Morgan fingerprint density at radius 1 is 1.16 bits per heavy atom. The summed E-state index contributed by atoms with van der Waals surface area (Å²) in [7, 11) is 3.09. The van der Waals surface area contributed by atoms with Gasteiger partial charge in [-0.25, -0.2) is 0 Å². The van der Waals surface area contributed by atoms with Crippen molar-refractivity contribution in [1.82, 2.24) is 4.98 Å². The van der Waals surface area contributed by atoms with Gasteiger partial charge in [0.2, 0.25) is 0 Å². The summed E-state index contributed by atoms with van der Waals surface area (Å²) in [5.74, 6) is 0.476. The van der Waals surface area contributed by atoms with E-state index in [2.05, 4.69) is 10.3 Å². The van der Waals surface area contributed by atoms with Crippen LogP contribution in [0.4, 0.5) is 11.4 Å². The second kappa shape index (κ2) is 6.86. The number of methoxy groups -OCH3 is 2. The first-order chi connectivity index (χ1) is 12.0. The summed E-state index contributed by atoms with van der Waals surface area (Å²) in [5.41, 5.74) is 7.66. The van der Waals surface area contributed by atoms with Crippen LogP contribution in [0.5, 0.6) is 11.5 Å². The second-order valence-corrected chi connectivity index (χ2v) is 5.71. The molecule has 6 nitrogen and oxygen atoms in total. The van der Waals surface area contributed by atoms with E-state index in [1.165, 1.54) is 6.20 Å². The van der Waals surface area contributed by atoms with Crippen molar-refractivity contribution in [2.75, 3.05) is 19.5 Å². The molecule has 3 rings (SSSR count). The normalized spacial score (nSPS) is 10.5. The lowest BCUT2D eigenvalue weighted by Crippen LogP contribution is -2.14. The van der Waals surface area contributed by atoms with Crippen molar-refractivity contribution < 1.29 is 14.3 Å². The molecule has 25 heavy (non-hydrogen) atoms. The van der Waals surface area contributed by atoms with Gasteiger partial charge in [-0.2, -0.15) is 0 Å². The lowest BCUT2D eigenvalue weighted by Gasteiger charge is -2.15. The summed E-state index contributed by atoms with van der Waals surface area (Å²) in [6.07, 6.45) is 1.43. The van der Waals surface area contributed by atoms with E-state index in [1.54, 1.807) is 38.5 Å². The van der Waals surface area contributed by atoms with E-state index in [9.17, 15) is 4.79 Å². The summed E-state index contributed by atoms with van der Waals surface area (Å²) in [4.78, 5) is 16.2. The molecule has 0 fully saturated rings. The molecule has 3 N–H and O–H groups in total. The Labute approximate surface area is 149 Å². The van der Waals surface area contributed by atoms with Crippen LogP contribution in [0.3, 0.4) is 0 Å². The molecule has 0 spiro atoms. The van der Waals surface area contributed by atoms with E-state index in [1.807, 2.05) is 12.1 Å². The molecule has 1 aromatic heterocycles. The summed E-state index contributed by atoms with van der Waals surface area (Å²) in [5, 5.41) is 4.45. The number of halogens is 1. The standard InChI is InChI=1S/C18H16ClN3O3/c1-24-15-7-12-14(8-16(15)25-2)21-9-13(18(20)23)17(12)22-11-5-3-4-10(19)6-11/h3-9H,1-2H3,(H2,20,23)(H,21,22). The molecule has 0 radical (unpaired) electrons. The van der Waals surface area contributed by atoms with Gasteiger partial charge < -0.3 is 20.5 Å². The molecule has 0 unspecified atom stereocenters. The van der Waals surface area contributed by atoms with Crippen molar-refractivity contribution in [2.24, 2.45) is 5.73 Å². The van der Waals surface area contributed by atoms with E-state index < -0.39 is 5.91 Å². The van der Waals surface area contributed by atoms with Crippen LogP contribution in [-0.2, 0) is 0 Å². The highest BCUT2D eigenvalue weighted by molar-refractivity contribution is 6.30. The molecule has 3 aromatic rings. The summed E-state index contributed by atoms with van der Waals surface area (Å²) < 4.78 is 10.7. The molecule has 1 amide bonds.